The Kier molecular flexibility index (Phi) is 4.44. The molecule has 0 bridgehead atoms. The van der Waals surface area contributed by atoms with Gasteiger partial charge in [0.15, 0.2) is 5.69 Å². The number of nitriles is 2. The van der Waals surface area contributed by atoms with E-state index in [1.165, 1.54) is 10.9 Å². The summed E-state index contributed by atoms with van der Waals surface area (Å²) in [7, 11) is 1.72. The maximum absolute atomic E-state index is 12.4. The summed E-state index contributed by atoms with van der Waals surface area (Å²) in [6, 6.07) is 4.21. The smallest absolute Gasteiger partial charge is 0.226 e. The van der Waals surface area contributed by atoms with Crippen LogP contribution < -0.4 is 4.90 Å². The fourth-order valence-corrected chi connectivity index (χ4v) is 3.59. The van der Waals surface area contributed by atoms with Crippen LogP contribution in [0.3, 0.4) is 0 Å². The van der Waals surface area contributed by atoms with Crippen LogP contribution in [-0.4, -0.2) is 56.2 Å². The molecule has 0 N–H and O–H groups in total. The molecular weight excluding hydrogens is 356 g/mol. The molecule has 3 heterocycles. The summed E-state index contributed by atoms with van der Waals surface area (Å²) in [5.41, 5.74) is 1.43. The SMILES string of the molecule is CC1CN(c2ncc(C#N)c(-c3cn(C)nc3C#N)n2)CCN1C(=O)C1CC1. The molecule has 1 saturated heterocycles. The van der Waals surface area contributed by atoms with E-state index < -0.39 is 0 Å². The van der Waals surface area contributed by atoms with Crippen molar-refractivity contribution < 1.29 is 4.79 Å². The Labute approximate surface area is 162 Å². The molecule has 0 aromatic carbocycles. The largest absolute Gasteiger partial charge is 0.337 e. The second-order valence-corrected chi connectivity index (χ2v) is 7.32. The second kappa shape index (κ2) is 6.93. The van der Waals surface area contributed by atoms with Gasteiger partial charge >= 0.3 is 0 Å². The highest BCUT2D eigenvalue weighted by atomic mass is 16.2. The van der Waals surface area contributed by atoms with E-state index in [4.69, 9.17) is 0 Å². The third-order valence-corrected chi connectivity index (χ3v) is 5.21. The van der Waals surface area contributed by atoms with Gasteiger partial charge in [-0.2, -0.15) is 15.6 Å². The van der Waals surface area contributed by atoms with Crippen LogP contribution in [0.5, 0.6) is 0 Å². The van der Waals surface area contributed by atoms with Gasteiger partial charge in [-0.25, -0.2) is 9.97 Å². The van der Waals surface area contributed by atoms with Crippen molar-refractivity contribution in [1.29, 1.82) is 10.5 Å². The van der Waals surface area contributed by atoms with Gasteiger partial charge in [0.2, 0.25) is 11.9 Å². The molecule has 1 saturated carbocycles. The monoisotopic (exact) mass is 376 g/mol. The van der Waals surface area contributed by atoms with Gasteiger partial charge in [-0.3, -0.25) is 9.48 Å². The zero-order valence-corrected chi connectivity index (χ0v) is 15.8. The number of hydrogen-bond acceptors (Lipinski definition) is 7. The van der Waals surface area contributed by atoms with Crippen LogP contribution in [0.2, 0.25) is 0 Å². The summed E-state index contributed by atoms with van der Waals surface area (Å²) < 4.78 is 1.53. The van der Waals surface area contributed by atoms with E-state index in [9.17, 15) is 15.3 Å². The lowest BCUT2D eigenvalue weighted by Crippen LogP contribution is -2.55. The Morgan fingerprint density at radius 2 is 2.04 bits per heavy atom. The van der Waals surface area contributed by atoms with E-state index in [2.05, 4.69) is 21.1 Å². The molecule has 1 aliphatic carbocycles. The van der Waals surface area contributed by atoms with Crippen LogP contribution in [0.4, 0.5) is 5.95 Å². The zero-order chi connectivity index (χ0) is 19.8. The van der Waals surface area contributed by atoms with Gasteiger partial charge in [-0.1, -0.05) is 0 Å². The van der Waals surface area contributed by atoms with Crippen molar-refractivity contribution in [3.8, 4) is 23.4 Å². The topological polar surface area (TPSA) is 115 Å². The third kappa shape index (κ3) is 3.16. The summed E-state index contributed by atoms with van der Waals surface area (Å²) in [6.45, 7) is 3.92. The first kappa shape index (κ1) is 17.9. The molecule has 2 aromatic heterocycles. The number of anilines is 1. The third-order valence-electron chi connectivity index (χ3n) is 5.21. The number of piperazine rings is 1. The Bertz CT molecular complexity index is 1010. The fourth-order valence-electron chi connectivity index (χ4n) is 3.59. The molecule has 0 spiro atoms. The van der Waals surface area contributed by atoms with Gasteiger partial charge in [-0.05, 0) is 19.8 Å². The molecule has 1 aliphatic heterocycles. The summed E-state index contributed by atoms with van der Waals surface area (Å²) in [5, 5.41) is 22.9. The van der Waals surface area contributed by atoms with E-state index in [1.54, 1.807) is 13.2 Å². The van der Waals surface area contributed by atoms with Crippen molar-refractivity contribution >= 4 is 11.9 Å². The molecular formula is C19H20N8O. The molecule has 1 amide bonds. The Morgan fingerprint density at radius 3 is 2.68 bits per heavy atom. The predicted octanol–water partition coefficient (Wildman–Crippen LogP) is 1.07. The van der Waals surface area contributed by atoms with E-state index in [0.717, 1.165) is 12.8 Å². The van der Waals surface area contributed by atoms with Gasteiger partial charge < -0.3 is 9.80 Å². The van der Waals surface area contributed by atoms with Crippen LogP contribution in [-0.2, 0) is 11.8 Å². The lowest BCUT2D eigenvalue weighted by atomic mass is 10.1. The first-order valence-electron chi connectivity index (χ1n) is 9.28. The molecule has 0 radical (unpaired) electrons. The highest BCUT2D eigenvalue weighted by Crippen LogP contribution is 2.32. The molecule has 2 fully saturated rings. The molecule has 4 rings (SSSR count). The number of aryl methyl sites for hydroxylation is 1. The van der Waals surface area contributed by atoms with Crippen molar-refractivity contribution in [2.75, 3.05) is 24.5 Å². The minimum absolute atomic E-state index is 0.0672. The van der Waals surface area contributed by atoms with E-state index in [0.29, 0.717) is 42.4 Å². The number of amides is 1. The van der Waals surface area contributed by atoms with Crippen molar-refractivity contribution in [2.24, 2.45) is 13.0 Å². The van der Waals surface area contributed by atoms with Crippen molar-refractivity contribution in [2.45, 2.75) is 25.8 Å². The highest BCUT2D eigenvalue weighted by molar-refractivity contribution is 5.81. The first-order chi connectivity index (χ1) is 13.5. The second-order valence-electron chi connectivity index (χ2n) is 7.32. The lowest BCUT2D eigenvalue weighted by molar-refractivity contribution is -0.134. The normalized spacial score (nSPS) is 19.2. The molecule has 2 aliphatic rings. The van der Waals surface area contributed by atoms with Crippen LogP contribution in [0.25, 0.3) is 11.3 Å². The van der Waals surface area contributed by atoms with Crippen LogP contribution in [0, 0.1) is 28.6 Å². The van der Waals surface area contributed by atoms with Crippen LogP contribution in [0.1, 0.15) is 31.0 Å². The number of carbonyl (C=O) groups is 1. The number of hydrogen-bond donors (Lipinski definition) is 0. The molecule has 9 heteroatoms. The van der Waals surface area contributed by atoms with E-state index in [1.807, 2.05) is 22.8 Å². The summed E-state index contributed by atoms with van der Waals surface area (Å²) in [6.07, 6.45) is 5.17. The minimum Gasteiger partial charge on any atom is -0.337 e. The maximum Gasteiger partial charge on any atom is 0.226 e. The fraction of sp³-hybridized carbons (Fsp3) is 0.474. The summed E-state index contributed by atoms with van der Waals surface area (Å²) in [4.78, 5) is 25.3. The standard InChI is InChI=1S/C19H20N8O/c1-12-10-26(5-6-27(12)18(28)13-3-4-13)19-22-9-14(7-20)17(23-19)15-11-25(2)24-16(15)8-21/h9,11-13H,3-6,10H2,1-2H3. The quantitative estimate of drug-likeness (QED) is 0.787. The number of rotatable bonds is 3. The first-order valence-corrected chi connectivity index (χ1v) is 9.28. The van der Waals surface area contributed by atoms with Gasteiger partial charge in [0, 0.05) is 44.8 Å². The number of nitrogens with zero attached hydrogens (tertiary/aromatic N) is 8. The molecule has 2 aromatic rings. The van der Waals surface area contributed by atoms with Crippen molar-refractivity contribution in [3.63, 3.8) is 0 Å². The van der Waals surface area contributed by atoms with Crippen LogP contribution in [0.15, 0.2) is 12.4 Å². The van der Waals surface area contributed by atoms with E-state index in [-0.39, 0.29) is 23.6 Å². The van der Waals surface area contributed by atoms with Crippen molar-refractivity contribution in [1.82, 2.24) is 24.6 Å². The molecule has 1 atom stereocenters. The predicted molar refractivity (Wildman–Crippen MR) is 99.8 cm³/mol. The Balaban J connectivity index is 1.62. The average Bonchev–Trinajstić information content (AvgIpc) is 3.48. The van der Waals surface area contributed by atoms with Crippen molar-refractivity contribution in [3.05, 3.63) is 23.7 Å². The molecule has 9 nitrogen and oxygen atoms in total. The Hall–Kier alpha value is -3.46. The molecule has 28 heavy (non-hydrogen) atoms. The maximum atomic E-state index is 12.4. The molecule has 142 valence electrons. The van der Waals surface area contributed by atoms with Gasteiger partial charge in [0.05, 0.1) is 23.0 Å². The summed E-state index contributed by atoms with van der Waals surface area (Å²) >= 11 is 0. The number of aromatic nitrogens is 4. The van der Waals surface area contributed by atoms with Gasteiger partial charge in [0.25, 0.3) is 0 Å². The number of carbonyl (C=O) groups excluding carboxylic acids is 1. The van der Waals surface area contributed by atoms with Crippen LogP contribution >= 0.6 is 0 Å². The van der Waals surface area contributed by atoms with E-state index >= 15 is 0 Å². The minimum atomic E-state index is 0.0672. The Morgan fingerprint density at radius 1 is 1.25 bits per heavy atom. The lowest BCUT2D eigenvalue weighted by Gasteiger charge is -2.40. The average molecular weight is 376 g/mol. The van der Waals surface area contributed by atoms with Gasteiger partial charge in [-0.15, -0.1) is 0 Å². The summed E-state index contributed by atoms with van der Waals surface area (Å²) in [5.74, 6) is 0.955. The van der Waals surface area contributed by atoms with Gasteiger partial charge in [0.1, 0.15) is 12.1 Å². The molecule has 1 unspecified atom stereocenters. The highest BCUT2D eigenvalue weighted by Gasteiger charge is 2.37. The zero-order valence-electron chi connectivity index (χ0n) is 15.8.